The van der Waals surface area contributed by atoms with Crippen LogP contribution in [0.3, 0.4) is 0 Å². The first-order valence-electron chi connectivity index (χ1n) is 8.93. The van der Waals surface area contributed by atoms with Gasteiger partial charge in [0.2, 0.25) is 0 Å². The molecule has 0 saturated carbocycles. The molecule has 3 rings (SSSR count). The van der Waals surface area contributed by atoms with Gasteiger partial charge in [0.05, 0.1) is 27.0 Å². The van der Waals surface area contributed by atoms with Crippen molar-refractivity contribution in [3.63, 3.8) is 0 Å². The molecule has 2 aromatic heterocycles. The van der Waals surface area contributed by atoms with Crippen molar-refractivity contribution in [3.05, 3.63) is 46.7 Å². The number of nitrogens with zero attached hydrogens (tertiary/aromatic N) is 4. The Morgan fingerprint density at radius 3 is 2.64 bits per heavy atom. The summed E-state index contributed by atoms with van der Waals surface area (Å²) in [6.45, 7) is 3.27. The molecule has 0 saturated heterocycles. The molecule has 0 spiro atoms. The lowest BCUT2D eigenvalue weighted by atomic mass is 10.1. The van der Waals surface area contributed by atoms with E-state index in [0.29, 0.717) is 18.3 Å². The lowest BCUT2D eigenvalue weighted by Crippen LogP contribution is -2.20. The molecular weight excluding hydrogens is 380 g/mol. The van der Waals surface area contributed by atoms with Crippen LogP contribution in [-0.4, -0.2) is 49.6 Å². The van der Waals surface area contributed by atoms with Gasteiger partial charge < -0.3 is 19.1 Å². The van der Waals surface area contributed by atoms with Gasteiger partial charge in [-0.15, -0.1) is 0 Å². The largest absolute Gasteiger partial charge is 0.497 e. The molecule has 0 bridgehead atoms. The second kappa shape index (κ2) is 8.67. The topological polar surface area (TPSA) is 61.1 Å². The first-order valence-corrected chi connectivity index (χ1v) is 9.31. The number of rotatable bonds is 8. The zero-order valence-corrected chi connectivity index (χ0v) is 17.5. The zero-order chi connectivity index (χ0) is 20.3. The summed E-state index contributed by atoms with van der Waals surface area (Å²) in [7, 11) is 6.95. The highest BCUT2D eigenvalue weighted by Crippen LogP contribution is 2.29. The number of ether oxygens (including phenoxy) is 3. The average molecular weight is 405 g/mol. The van der Waals surface area contributed by atoms with Gasteiger partial charge in [-0.3, -0.25) is 0 Å². The number of benzene rings is 1. The van der Waals surface area contributed by atoms with Crippen LogP contribution in [0, 0.1) is 0 Å². The van der Waals surface area contributed by atoms with E-state index in [4.69, 9.17) is 25.8 Å². The molecule has 1 atom stereocenters. The maximum Gasteiger partial charge on any atom is 0.162 e. The van der Waals surface area contributed by atoms with E-state index < -0.39 is 0 Å². The van der Waals surface area contributed by atoms with Crippen LogP contribution in [0.1, 0.15) is 24.0 Å². The fourth-order valence-electron chi connectivity index (χ4n) is 3.21. The zero-order valence-electron chi connectivity index (χ0n) is 16.8. The number of fused-ring (bicyclic) bond motifs is 1. The molecule has 0 aliphatic rings. The fourth-order valence-corrected chi connectivity index (χ4v) is 3.39. The molecule has 0 N–H and O–H groups in total. The molecule has 1 unspecified atom stereocenters. The standard InChI is InChI=1S/C20H25ClN4O3/c1-13(12-26-3)16-10-22-25-19(9-18(21)23-20(16)25)24(2)11-14-6-7-15(27-4)8-17(14)28-5/h6-10,13H,11-12H2,1-5H3. The molecule has 2 heterocycles. The summed E-state index contributed by atoms with van der Waals surface area (Å²) in [4.78, 5) is 6.55. The van der Waals surface area contributed by atoms with E-state index in [1.807, 2.05) is 42.0 Å². The van der Waals surface area contributed by atoms with Crippen LogP contribution < -0.4 is 14.4 Å². The molecule has 28 heavy (non-hydrogen) atoms. The van der Waals surface area contributed by atoms with Crippen LogP contribution in [0.4, 0.5) is 5.82 Å². The highest BCUT2D eigenvalue weighted by atomic mass is 35.5. The quantitative estimate of drug-likeness (QED) is 0.532. The molecule has 7 nitrogen and oxygen atoms in total. The van der Waals surface area contributed by atoms with Crippen LogP contribution >= 0.6 is 11.6 Å². The first-order chi connectivity index (χ1) is 13.5. The maximum absolute atomic E-state index is 6.33. The van der Waals surface area contributed by atoms with Gasteiger partial charge in [0.25, 0.3) is 0 Å². The van der Waals surface area contributed by atoms with Crippen molar-refractivity contribution < 1.29 is 14.2 Å². The molecule has 0 aliphatic carbocycles. The predicted molar refractivity (Wildman–Crippen MR) is 110 cm³/mol. The van der Waals surface area contributed by atoms with Gasteiger partial charge in [0.15, 0.2) is 5.65 Å². The monoisotopic (exact) mass is 404 g/mol. The maximum atomic E-state index is 6.33. The number of methoxy groups -OCH3 is 3. The minimum atomic E-state index is 0.160. The lowest BCUT2D eigenvalue weighted by molar-refractivity contribution is 0.184. The van der Waals surface area contributed by atoms with E-state index in [0.717, 1.165) is 34.1 Å². The summed E-state index contributed by atoms with van der Waals surface area (Å²) < 4.78 is 17.9. The third kappa shape index (κ3) is 4.00. The average Bonchev–Trinajstić information content (AvgIpc) is 3.11. The Balaban J connectivity index is 1.97. The highest BCUT2D eigenvalue weighted by Gasteiger charge is 2.18. The van der Waals surface area contributed by atoms with Crippen molar-refractivity contribution >= 4 is 23.1 Å². The van der Waals surface area contributed by atoms with Crippen molar-refractivity contribution in [2.24, 2.45) is 0 Å². The van der Waals surface area contributed by atoms with Crippen LogP contribution in [0.5, 0.6) is 11.5 Å². The fraction of sp³-hybridized carbons (Fsp3) is 0.400. The third-order valence-corrected chi connectivity index (χ3v) is 4.88. The molecule has 0 fully saturated rings. The van der Waals surface area contributed by atoms with Gasteiger partial charge in [0.1, 0.15) is 22.5 Å². The summed E-state index contributed by atoms with van der Waals surface area (Å²) >= 11 is 6.33. The second-order valence-electron chi connectivity index (χ2n) is 6.66. The SMILES string of the molecule is COCC(C)c1cnn2c(N(C)Cc3ccc(OC)cc3OC)cc(Cl)nc12. The van der Waals surface area contributed by atoms with Crippen molar-refractivity contribution in [3.8, 4) is 11.5 Å². The van der Waals surface area contributed by atoms with E-state index in [-0.39, 0.29) is 5.92 Å². The van der Waals surface area contributed by atoms with Crippen molar-refractivity contribution in [1.29, 1.82) is 0 Å². The lowest BCUT2D eigenvalue weighted by Gasteiger charge is -2.22. The van der Waals surface area contributed by atoms with Gasteiger partial charge in [-0.05, 0) is 12.1 Å². The Hall–Kier alpha value is -2.51. The summed E-state index contributed by atoms with van der Waals surface area (Å²) in [5.41, 5.74) is 2.76. The Labute approximate surface area is 169 Å². The molecule has 0 aliphatic heterocycles. The Morgan fingerprint density at radius 1 is 1.18 bits per heavy atom. The molecule has 8 heteroatoms. The van der Waals surface area contributed by atoms with E-state index in [1.54, 1.807) is 21.3 Å². The minimum absolute atomic E-state index is 0.160. The summed E-state index contributed by atoms with van der Waals surface area (Å²) in [6.07, 6.45) is 1.83. The minimum Gasteiger partial charge on any atom is -0.497 e. The van der Waals surface area contributed by atoms with Crippen molar-refractivity contribution in [1.82, 2.24) is 14.6 Å². The molecule has 0 amide bonds. The van der Waals surface area contributed by atoms with Crippen LogP contribution in [0.25, 0.3) is 5.65 Å². The first kappa shape index (κ1) is 20.2. The third-order valence-electron chi connectivity index (χ3n) is 4.69. The van der Waals surface area contributed by atoms with Gasteiger partial charge in [0, 0.05) is 49.9 Å². The summed E-state index contributed by atoms with van der Waals surface area (Å²) in [6, 6.07) is 7.58. The van der Waals surface area contributed by atoms with Gasteiger partial charge in [-0.25, -0.2) is 4.98 Å². The van der Waals surface area contributed by atoms with E-state index in [9.17, 15) is 0 Å². The van der Waals surface area contributed by atoms with Crippen molar-refractivity contribution in [2.75, 3.05) is 39.9 Å². The molecular formula is C20H25ClN4O3. The second-order valence-corrected chi connectivity index (χ2v) is 7.05. The van der Waals surface area contributed by atoms with E-state index in [2.05, 4.69) is 21.9 Å². The van der Waals surface area contributed by atoms with Crippen LogP contribution in [0.2, 0.25) is 5.15 Å². The summed E-state index contributed by atoms with van der Waals surface area (Å²) in [5.74, 6) is 2.51. The smallest absolute Gasteiger partial charge is 0.162 e. The van der Waals surface area contributed by atoms with E-state index >= 15 is 0 Å². The van der Waals surface area contributed by atoms with E-state index in [1.165, 1.54) is 0 Å². The molecule has 3 aromatic rings. The van der Waals surface area contributed by atoms with Gasteiger partial charge >= 0.3 is 0 Å². The number of aromatic nitrogens is 3. The predicted octanol–water partition coefficient (Wildman–Crippen LogP) is 3.79. The normalized spacial score (nSPS) is 12.2. The molecule has 150 valence electrons. The molecule has 0 radical (unpaired) electrons. The number of hydrogen-bond donors (Lipinski definition) is 0. The Morgan fingerprint density at radius 2 is 1.96 bits per heavy atom. The van der Waals surface area contributed by atoms with Gasteiger partial charge in [-0.1, -0.05) is 18.5 Å². The van der Waals surface area contributed by atoms with Crippen molar-refractivity contribution in [2.45, 2.75) is 19.4 Å². The van der Waals surface area contributed by atoms with Crippen LogP contribution in [-0.2, 0) is 11.3 Å². The number of halogens is 1. The Bertz CT molecular complexity index is 960. The Kier molecular flexibility index (Phi) is 6.26. The number of hydrogen-bond acceptors (Lipinski definition) is 6. The van der Waals surface area contributed by atoms with Gasteiger partial charge in [-0.2, -0.15) is 9.61 Å². The summed E-state index contributed by atoms with van der Waals surface area (Å²) in [5, 5.41) is 4.96. The number of anilines is 1. The molecule has 1 aromatic carbocycles. The van der Waals surface area contributed by atoms with Crippen LogP contribution in [0.15, 0.2) is 30.5 Å². The highest BCUT2D eigenvalue weighted by molar-refractivity contribution is 6.29.